The zero-order chi connectivity index (χ0) is 22.9. The number of anilines is 1. The third kappa shape index (κ3) is 5.79. The van der Waals surface area contributed by atoms with E-state index in [1.807, 2.05) is 0 Å². The molecule has 3 aromatic rings. The van der Waals surface area contributed by atoms with E-state index in [9.17, 15) is 19.2 Å². The van der Waals surface area contributed by atoms with E-state index in [1.54, 1.807) is 60.7 Å². The van der Waals surface area contributed by atoms with Gasteiger partial charge in [0.05, 0.1) is 18.4 Å². The van der Waals surface area contributed by atoms with Crippen LogP contribution in [0.4, 0.5) is 5.69 Å². The molecule has 3 amide bonds. The van der Waals surface area contributed by atoms with Gasteiger partial charge in [-0.3, -0.25) is 19.7 Å². The maximum atomic E-state index is 12.5. The molecule has 0 fully saturated rings. The summed E-state index contributed by atoms with van der Waals surface area (Å²) in [4.78, 5) is 49.0. The molecule has 2 N–H and O–H groups in total. The van der Waals surface area contributed by atoms with E-state index in [1.165, 1.54) is 25.3 Å². The molecule has 0 saturated carbocycles. The second kappa shape index (κ2) is 10.5. The Balaban J connectivity index is 1.58. The number of benzene rings is 3. The minimum Gasteiger partial charge on any atom is -0.497 e. The number of imide groups is 1. The molecule has 162 valence electrons. The van der Waals surface area contributed by atoms with Crippen LogP contribution in [0, 0.1) is 0 Å². The number of amides is 3. The SMILES string of the molecule is COc1ccc(C(=O)NC(=O)COC(=O)c2ccccc2NC(=O)c2ccccc2)cc1. The van der Waals surface area contributed by atoms with Crippen LogP contribution in [0.5, 0.6) is 5.75 Å². The molecule has 0 bridgehead atoms. The Bertz CT molecular complexity index is 1130. The summed E-state index contributed by atoms with van der Waals surface area (Å²) in [6.07, 6.45) is 0. The molecule has 8 nitrogen and oxygen atoms in total. The highest BCUT2D eigenvalue weighted by molar-refractivity contribution is 6.08. The molecule has 3 rings (SSSR count). The molecule has 32 heavy (non-hydrogen) atoms. The number of carbonyl (C=O) groups excluding carboxylic acids is 4. The van der Waals surface area contributed by atoms with E-state index in [-0.39, 0.29) is 16.8 Å². The maximum absolute atomic E-state index is 12.5. The van der Waals surface area contributed by atoms with E-state index in [2.05, 4.69) is 10.6 Å². The van der Waals surface area contributed by atoms with E-state index in [0.717, 1.165) is 0 Å². The quantitative estimate of drug-likeness (QED) is 0.555. The highest BCUT2D eigenvalue weighted by Crippen LogP contribution is 2.17. The van der Waals surface area contributed by atoms with Crippen LogP contribution in [0.3, 0.4) is 0 Å². The van der Waals surface area contributed by atoms with Crippen molar-refractivity contribution in [2.75, 3.05) is 19.0 Å². The number of methoxy groups -OCH3 is 1. The smallest absolute Gasteiger partial charge is 0.340 e. The number of hydrogen-bond acceptors (Lipinski definition) is 6. The lowest BCUT2D eigenvalue weighted by molar-refractivity contribution is -0.123. The predicted octanol–water partition coefficient (Wildman–Crippen LogP) is 3.06. The molecule has 0 radical (unpaired) electrons. The van der Waals surface area contributed by atoms with Crippen molar-refractivity contribution in [3.05, 3.63) is 95.6 Å². The number of ether oxygens (including phenoxy) is 2. The number of rotatable bonds is 7. The molecule has 0 spiro atoms. The van der Waals surface area contributed by atoms with Gasteiger partial charge in [-0.1, -0.05) is 30.3 Å². The van der Waals surface area contributed by atoms with E-state index in [0.29, 0.717) is 11.3 Å². The first-order valence-electron chi connectivity index (χ1n) is 9.58. The summed E-state index contributed by atoms with van der Waals surface area (Å²) in [5.41, 5.74) is 0.985. The summed E-state index contributed by atoms with van der Waals surface area (Å²) < 4.78 is 10.0. The fraction of sp³-hybridized carbons (Fsp3) is 0.0833. The highest BCUT2D eigenvalue weighted by Gasteiger charge is 2.17. The van der Waals surface area contributed by atoms with Crippen LogP contribution in [-0.2, 0) is 9.53 Å². The van der Waals surface area contributed by atoms with Crippen molar-refractivity contribution in [1.82, 2.24) is 5.32 Å². The Hall–Kier alpha value is -4.46. The van der Waals surface area contributed by atoms with Gasteiger partial charge in [0.25, 0.3) is 17.7 Å². The average molecular weight is 432 g/mol. The van der Waals surface area contributed by atoms with E-state index < -0.39 is 30.3 Å². The second-order valence-electron chi connectivity index (χ2n) is 6.55. The van der Waals surface area contributed by atoms with Gasteiger partial charge in [0.1, 0.15) is 5.75 Å². The minimum absolute atomic E-state index is 0.0751. The lowest BCUT2D eigenvalue weighted by Crippen LogP contribution is -2.34. The molecule has 0 heterocycles. The maximum Gasteiger partial charge on any atom is 0.340 e. The molecular formula is C24H20N2O6. The van der Waals surface area contributed by atoms with Gasteiger partial charge in [-0.05, 0) is 48.5 Å². The fourth-order valence-corrected chi connectivity index (χ4v) is 2.74. The van der Waals surface area contributed by atoms with Crippen LogP contribution in [0.1, 0.15) is 31.1 Å². The third-order valence-electron chi connectivity index (χ3n) is 4.37. The Kier molecular flexibility index (Phi) is 7.32. The first-order chi connectivity index (χ1) is 15.5. The van der Waals surface area contributed by atoms with Gasteiger partial charge in [0, 0.05) is 11.1 Å². The van der Waals surface area contributed by atoms with Crippen LogP contribution in [-0.4, -0.2) is 37.4 Å². The second-order valence-corrected chi connectivity index (χ2v) is 6.55. The molecule has 0 aliphatic rings. The van der Waals surface area contributed by atoms with Crippen LogP contribution in [0.25, 0.3) is 0 Å². The van der Waals surface area contributed by atoms with Crippen LogP contribution in [0.15, 0.2) is 78.9 Å². The summed E-state index contributed by atoms with van der Waals surface area (Å²) in [5.74, 6) is -2.07. The summed E-state index contributed by atoms with van der Waals surface area (Å²) in [6.45, 7) is -0.665. The molecule has 0 aromatic heterocycles. The molecule has 0 aliphatic heterocycles. The Morgan fingerprint density at radius 2 is 1.38 bits per heavy atom. The topological polar surface area (TPSA) is 111 Å². The van der Waals surface area contributed by atoms with Gasteiger partial charge >= 0.3 is 5.97 Å². The molecule has 3 aromatic carbocycles. The predicted molar refractivity (Wildman–Crippen MR) is 117 cm³/mol. The molecule has 0 atom stereocenters. The normalized spacial score (nSPS) is 10.0. The van der Waals surface area contributed by atoms with Crippen molar-refractivity contribution in [3.63, 3.8) is 0 Å². The summed E-state index contributed by atoms with van der Waals surface area (Å²) >= 11 is 0. The van der Waals surface area contributed by atoms with Gasteiger partial charge in [-0.25, -0.2) is 4.79 Å². The van der Waals surface area contributed by atoms with Crippen molar-refractivity contribution in [3.8, 4) is 5.75 Å². The van der Waals surface area contributed by atoms with Crippen LogP contribution < -0.4 is 15.4 Å². The zero-order valence-corrected chi connectivity index (χ0v) is 17.2. The van der Waals surface area contributed by atoms with Crippen LogP contribution in [0.2, 0.25) is 0 Å². The largest absolute Gasteiger partial charge is 0.497 e. The number of esters is 1. The van der Waals surface area contributed by atoms with Crippen molar-refractivity contribution in [1.29, 1.82) is 0 Å². The summed E-state index contributed by atoms with van der Waals surface area (Å²) in [7, 11) is 1.50. The molecule has 0 saturated heterocycles. The van der Waals surface area contributed by atoms with Gasteiger partial charge in [0.2, 0.25) is 0 Å². The lowest BCUT2D eigenvalue weighted by Gasteiger charge is -2.11. The van der Waals surface area contributed by atoms with Crippen LogP contribution >= 0.6 is 0 Å². The first-order valence-corrected chi connectivity index (χ1v) is 9.58. The number of hydrogen-bond donors (Lipinski definition) is 2. The summed E-state index contributed by atoms with van der Waals surface area (Å²) in [6, 6.07) is 20.9. The summed E-state index contributed by atoms with van der Waals surface area (Å²) in [5, 5.41) is 4.80. The molecule has 0 aliphatic carbocycles. The molecular weight excluding hydrogens is 412 g/mol. The Morgan fingerprint density at radius 1 is 0.750 bits per heavy atom. The lowest BCUT2D eigenvalue weighted by atomic mass is 10.1. The monoisotopic (exact) mass is 432 g/mol. The zero-order valence-electron chi connectivity index (χ0n) is 17.2. The van der Waals surface area contributed by atoms with Gasteiger partial charge < -0.3 is 14.8 Å². The highest BCUT2D eigenvalue weighted by atomic mass is 16.5. The number of carbonyl (C=O) groups is 4. The molecule has 8 heteroatoms. The van der Waals surface area contributed by atoms with Crippen molar-refractivity contribution in [2.45, 2.75) is 0 Å². The minimum atomic E-state index is -0.819. The number of nitrogens with one attached hydrogen (secondary N) is 2. The Labute approximate surface area is 184 Å². The van der Waals surface area contributed by atoms with Gasteiger partial charge in [0.15, 0.2) is 6.61 Å². The third-order valence-corrected chi connectivity index (χ3v) is 4.37. The Morgan fingerprint density at radius 3 is 2.06 bits per heavy atom. The van der Waals surface area contributed by atoms with Crippen molar-refractivity contribution < 1.29 is 28.7 Å². The first kappa shape index (κ1) is 22.2. The van der Waals surface area contributed by atoms with E-state index in [4.69, 9.17) is 9.47 Å². The van der Waals surface area contributed by atoms with Crippen molar-refractivity contribution >= 4 is 29.4 Å². The number of para-hydroxylation sites is 1. The average Bonchev–Trinajstić information content (AvgIpc) is 2.83. The fourth-order valence-electron chi connectivity index (χ4n) is 2.74. The van der Waals surface area contributed by atoms with E-state index >= 15 is 0 Å². The molecule has 0 unspecified atom stereocenters. The van der Waals surface area contributed by atoms with Gasteiger partial charge in [-0.15, -0.1) is 0 Å². The van der Waals surface area contributed by atoms with Crippen molar-refractivity contribution in [2.24, 2.45) is 0 Å². The van der Waals surface area contributed by atoms with Gasteiger partial charge in [-0.2, -0.15) is 0 Å². The standard InChI is InChI=1S/C24H20N2O6/c1-31-18-13-11-17(12-14-18)23(29)26-21(27)15-32-24(30)19-9-5-6-10-20(19)25-22(28)16-7-3-2-4-8-16/h2-14H,15H2,1H3,(H,25,28)(H,26,27,29).